The van der Waals surface area contributed by atoms with E-state index in [-0.39, 0.29) is 5.91 Å². The van der Waals surface area contributed by atoms with Crippen LogP contribution >= 0.6 is 0 Å². The third-order valence-electron chi connectivity index (χ3n) is 4.58. The molecule has 1 unspecified atom stereocenters. The average Bonchev–Trinajstić information content (AvgIpc) is 2.58. The predicted molar refractivity (Wildman–Crippen MR) is 76.6 cm³/mol. The number of amides is 1. The molecular weight excluding hydrogens is 254 g/mol. The maximum atomic E-state index is 12.2. The van der Waals surface area contributed by atoms with Crippen molar-refractivity contribution in [1.29, 1.82) is 0 Å². The summed E-state index contributed by atoms with van der Waals surface area (Å²) < 4.78 is 11.1. The summed E-state index contributed by atoms with van der Waals surface area (Å²) in [6, 6.07) is 1.94. The molecule has 0 spiro atoms. The quantitative estimate of drug-likeness (QED) is 0.830. The van der Waals surface area contributed by atoms with Crippen LogP contribution in [0.3, 0.4) is 0 Å². The summed E-state index contributed by atoms with van der Waals surface area (Å²) in [4.78, 5) is 14.1. The Morgan fingerprint density at radius 2 is 1.90 bits per heavy atom. The highest BCUT2D eigenvalue weighted by molar-refractivity contribution is 5.81. The zero-order valence-electron chi connectivity index (χ0n) is 12.4. The highest BCUT2D eigenvalue weighted by Crippen LogP contribution is 2.44. The molecule has 0 bridgehead atoms. The fourth-order valence-corrected chi connectivity index (χ4v) is 3.61. The lowest BCUT2D eigenvalue weighted by atomic mass is 9.79. The molecule has 1 heterocycles. The molecule has 0 aromatic heterocycles. The van der Waals surface area contributed by atoms with E-state index in [1.54, 1.807) is 14.2 Å². The van der Waals surface area contributed by atoms with Gasteiger partial charge in [-0.3, -0.25) is 4.79 Å². The molecule has 1 atom stereocenters. The lowest BCUT2D eigenvalue weighted by Crippen LogP contribution is -2.30. The molecule has 0 fully saturated rings. The Labute approximate surface area is 119 Å². The number of hydrogen-bond donors (Lipinski definition) is 0. The van der Waals surface area contributed by atoms with Crippen LogP contribution in [0.1, 0.15) is 35.4 Å². The van der Waals surface area contributed by atoms with Crippen LogP contribution in [0.5, 0.6) is 11.5 Å². The van der Waals surface area contributed by atoms with E-state index in [1.165, 1.54) is 11.1 Å². The van der Waals surface area contributed by atoms with Crippen molar-refractivity contribution < 1.29 is 14.3 Å². The maximum Gasteiger partial charge on any atom is 0.226 e. The van der Waals surface area contributed by atoms with Crippen LogP contribution in [-0.4, -0.2) is 38.6 Å². The van der Waals surface area contributed by atoms with E-state index in [9.17, 15) is 4.79 Å². The largest absolute Gasteiger partial charge is 0.496 e. The second kappa shape index (κ2) is 5.00. The molecule has 1 aromatic carbocycles. The van der Waals surface area contributed by atoms with Crippen molar-refractivity contribution in [3.05, 3.63) is 22.8 Å². The van der Waals surface area contributed by atoms with Gasteiger partial charge in [0.05, 0.1) is 20.6 Å². The fraction of sp³-hybridized carbons (Fsp3) is 0.562. The zero-order chi connectivity index (χ0) is 14.3. The molecule has 0 N–H and O–H groups in total. The number of methoxy groups -OCH3 is 2. The average molecular weight is 275 g/mol. The number of likely N-dealkylation sites (N-methyl/N-ethyl adjacent to an activating group) is 1. The Kier molecular flexibility index (Phi) is 3.32. The first-order valence-corrected chi connectivity index (χ1v) is 7.16. The Morgan fingerprint density at radius 1 is 1.20 bits per heavy atom. The van der Waals surface area contributed by atoms with E-state index in [0.717, 1.165) is 42.9 Å². The molecule has 0 saturated carbocycles. The van der Waals surface area contributed by atoms with E-state index in [4.69, 9.17) is 9.47 Å². The van der Waals surface area contributed by atoms with Gasteiger partial charge < -0.3 is 14.4 Å². The second-order valence-corrected chi connectivity index (χ2v) is 5.69. The highest BCUT2D eigenvalue weighted by atomic mass is 16.5. The van der Waals surface area contributed by atoms with Crippen LogP contribution in [0.2, 0.25) is 0 Å². The van der Waals surface area contributed by atoms with Gasteiger partial charge in [0.1, 0.15) is 11.5 Å². The van der Waals surface area contributed by atoms with E-state index in [2.05, 4.69) is 0 Å². The van der Waals surface area contributed by atoms with Gasteiger partial charge in [-0.2, -0.15) is 0 Å². The van der Waals surface area contributed by atoms with Gasteiger partial charge in [0.2, 0.25) is 5.91 Å². The summed E-state index contributed by atoms with van der Waals surface area (Å²) in [5, 5.41) is 0. The molecular formula is C16H21NO3. The smallest absolute Gasteiger partial charge is 0.226 e. The Balaban J connectivity index is 2.24. The molecule has 1 aliphatic carbocycles. The van der Waals surface area contributed by atoms with Crippen molar-refractivity contribution >= 4 is 5.91 Å². The normalized spacial score (nSPS) is 21.2. The molecule has 20 heavy (non-hydrogen) atoms. The molecule has 3 rings (SSSR count). The third kappa shape index (κ3) is 1.94. The van der Waals surface area contributed by atoms with Crippen LogP contribution in [0, 0.1) is 0 Å². The van der Waals surface area contributed by atoms with Crippen LogP contribution in [-0.2, 0) is 17.6 Å². The lowest BCUT2D eigenvalue weighted by Gasteiger charge is -2.29. The number of carbonyl (C=O) groups is 1. The minimum atomic E-state index is 0.171. The van der Waals surface area contributed by atoms with Crippen molar-refractivity contribution in [2.75, 3.05) is 27.8 Å². The lowest BCUT2D eigenvalue weighted by molar-refractivity contribution is -0.129. The van der Waals surface area contributed by atoms with E-state index in [1.807, 2.05) is 18.0 Å². The number of rotatable bonds is 2. The summed E-state index contributed by atoms with van der Waals surface area (Å²) in [6.07, 6.45) is 3.75. The summed E-state index contributed by atoms with van der Waals surface area (Å²) in [5.74, 6) is 2.28. The topological polar surface area (TPSA) is 38.8 Å². The van der Waals surface area contributed by atoms with Crippen molar-refractivity contribution in [3.8, 4) is 11.5 Å². The summed E-state index contributed by atoms with van der Waals surface area (Å²) in [5.41, 5.74) is 3.66. The van der Waals surface area contributed by atoms with Crippen LogP contribution in [0.25, 0.3) is 0 Å². The molecule has 0 saturated heterocycles. The van der Waals surface area contributed by atoms with E-state index < -0.39 is 0 Å². The summed E-state index contributed by atoms with van der Waals surface area (Å²) in [7, 11) is 5.26. The summed E-state index contributed by atoms with van der Waals surface area (Å²) in [6.45, 7) is 0.801. The van der Waals surface area contributed by atoms with Gasteiger partial charge in [-0.05, 0) is 30.4 Å². The van der Waals surface area contributed by atoms with Gasteiger partial charge in [-0.15, -0.1) is 0 Å². The third-order valence-corrected chi connectivity index (χ3v) is 4.58. The number of nitrogens with zero attached hydrogens (tertiary/aromatic N) is 1. The SMILES string of the molecule is COc1cc(OC)c2c3c1CCCC3CN(C)C(=O)C2. The van der Waals surface area contributed by atoms with E-state index in [0.29, 0.717) is 12.3 Å². The molecule has 4 nitrogen and oxygen atoms in total. The molecule has 1 amide bonds. The Bertz CT molecular complexity index is 553. The zero-order valence-corrected chi connectivity index (χ0v) is 12.4. The molecule has 2 aliphatic rings. The number of ether oxygens (including phenoxy) is 2. The van der Waals surface area contributed by atoms with Crippen LogP contribution < -0.4 is 9.47 Å². The fourth-order valence-electron chi connectivity index (χ4n) is 3.61. The van der Waals surface area contributed by atoms with Crippen molar-refractivity contribution in [3.63, 3.8) is 0 Å². The standard InChI is InChI=1S/C16H21NO3/c1-17-9-10-5-4-6-11-13(19-2)8-14(20-3)12(16(10)11)7-15(17)18/h8,10H,4-7,9H2,1-3H3. The second-order valence-electron chi connectivity index (χ2n) is 5.69. The molecule has 4 heteroatoms. The first-order valence-electron chi connectivity index (χ1n) is 7.16. The molecule has 1 aliphatic heterocycles. The van der Waals surface area contributed by atoms with Crippen molar-refractivity contribution in [2.24, 2.45) is 0 Å². The molecule has 108 valence electrons. The first kappa shape index (κ1) is 13.3. The van der Waals surface area contributed by atoms with Crippen molar-refractivity contribution in [1.82, 2.24) is 4.90 Å². The molecule has 0 radical (unpaired) electrons. The minimum Gasteiger partial charge on any atom is -0.496 e. The molecule has 1 aromatic rings. The number of benzene rings is 1. The monoisotopic (exact) mass is 275 g/mol. The first-order chi connectivity index (χ1) is 9.65. The predicted octanol–water partition coefficient (Wildman–Crippen LogP) is 2.14. The van der Waals surface area contributed by atoms with Gasteiger partial charge in [-0.1, -0.05) is 0 Å². The number of carbonyl (C=O) groups excluding carboxylic acids is 1. The van der Waals surface area contributed by atoms with Crippen molar-refractivity contribution in [2.45, 2.75) is 31.6 Å². The van der Waals surface area contributed by atoms with Gasteiger partial charge in [0.15, 0.2) is 0 Å². The van der Waals surface area contributed by atoms with Gasteiger partial charge in [0, 0.05) is 31.1 Å². The Hall–Kier alpha value is -1.71. The van der Waals surface area contributed by atoms with Gasteiger partial charge in [-0.25, -0.2) is 0 Å². The van der Waals surface area contributed by atoms with Gasteiger partial charge in [0.25, 0.3) is 0 Å². The van der Waals surface area contributed by atoms with Gasteiger partial charge >= 0.3 is 0 Å². The Morgan fingerprint density at radius 3 is 2.60 bits per heavy atom. The highest BCUT2D eigenvalue weighted by Gasteiger charge is 2.33. The minimum absolute atomic E-state index is 0.171. The van der Waals surface area contributed by atoms with Crippen LogP contribution in [0.4, 0.5) is 0 Å². The van der Waals surface area contributed by atoms with E-state index >= 15 is 0 Å². The maximum absolute atomic E-state index is 12.2. The van der Waals surface area contributed by atoms with Crippen LogP contribution in [0.15, 0.2) is 6.07 Å². The number of hydrogen-bond acceptors (Lipinski definition) is 3. The summed E-state index contributed by atoms with van der Waals surface area (Å²) >= 11 is 0.